The molecule has 1 heterocycles. The summed E-state index contributed by atoms with van der Waals surface area (Å²) in [5.74, 6) is 0. The summed E-state index contributed by atoms with van der Waals surface area (Å²) in [6.07, 6.45) is 0. The second-order valence-electron chi connectivity index (χ2n) is 2.94. The molecule has 1 saturated heterocycles. The highest BCUT2D eigenvalue weighted by Gasteiger charge is 2.59. The standard InChI is InChI=1S/C4H10N2S8/c7-1(8)2(9,10)6-4(13,14)3(11,12)5-1/h5-14H. The van der Waals surface area contributed by atoms with Crippen molar-refractivity contribution in [1.29, 1.82) is 0 Å². The largest absolute Gasteiger partial charge is 0.266 e. The molecule has 0 amide bonds. The highest BCUT2D eigenvalue weighted by Crippen LogP contribution is 2.51. The highest BCUT2D eigenvalue weighted by molar-refractivity contribution is 8.10. The van der Waals surface area contributed by atoms with Gasteiger partial charge in [0.25, 0.3) is 0 Å². The monoisotopic (exact) mass is 342 g/mol. The Bertz CT molecular complexity index is 198. The van der Waals surface area contributed by atoms with Gasteiger partial charge in [-0.3, -0.25) is 10.6 Å². The molecule has 0 aromatic carbocycles. The number of nitrogens with one attached hydrogen (secondary N) is 2. The molecule has 0 aromatic heterocycles. The average Bonchev–Trinajstić information content (AvgIpc) is 1.78. The molecule has 84 valence electrons. The molecular formula is C4H10N2S8. The van der Waals surface area contributed by atoms with Gasteiger partial charge in [-0.15, -0.1) is 101 Å². The number of rotatable bonds is 0. The Hall–Kier alpha value is 2.72. The van der Waals surface area contributed by atoms with E-state index >= 15 is 0 Å². The van der Waals surface area contributed by atoms with Crippen molar-refractivity contribution >= 4 is 101 Å². The number of piperazine rings is 1. The van der Waals surface area contributed by atoms with Crippen molar-refractivity contribution in [3.63, 3.8) is 0 Å². The smallest absolute Gasteiger partial charge is 0.145 e. The van der Waals surface area contributed by atoms with E-state index < -0.39 is 16.8 Å². The predicted octanol–water partition coefficient (Wildman–Crippen LogP) is 1.23. The lowest BCUT2D eigenvalue weighted by atomic mass is 10.4. The summed E-state index contributed by atoms with van der Waals surface area (Å²) in [5, 5.41) is 5.80. The summed E-state index contributed by atoms with van der Waals surface area (Å²) in [4.78, 5) is 0. The molecule has 14 heavy (non-hydrogen) atoms. The van der Waals surface area contributed by atoms with E-state index in [9.17, 15) is 0 Å². The number of hydrogen-bond donors (Lipinski definition) is 10. The number of thiol groups is 8. The maximum atomic E-state index is 4.26. The van der Waals surface area contributed by atoms with Gasteiger partial charge in [0.1, 0.15) is 16.8 Å². The van der Waals surface area contributed by atoms with Crippen LogP contribution in [0.4, 0.5) is 0 Å². The first-order chi connectivity index (χ1) is 5.91. The summed E-state index contributed by atoms with van der Waals surface area (Å²) in [6, 6.07) is 0. The number of hydrogen-bond acceptors (Lipinski definition) is 10. The highest BCUT2D eigenvalue weighted by atomic mass is 32.2. The first-order valence-electron chi connectivity index (χ1n) is 3.29. The van der Waals surface area contributed by atoms with Crippen LogP contribution in [-0.4, -0.2) is 16.8 Å². The summed E-state index contributed by atoms with van der Waals surface area (Å²) in [6.45, 7) is 0. The van der Waals surface area contributed by atoms with E-state index in [2.05, 4.69) is 112 Å². The minimum Gasteiger partial charge on any atom is -0.266 e. The third-order valence-corrected chi connectivity index (χ3v) is 6.66. The quantitative estimate of drug-likeness (QED) is 0.242. The lowest BCUT2D eigenvalue weighted by molar-refractivity contribution is 0.356. The van der Waals surface area contributed by atoms with Crippen molar-refractivity contribution in [2.24, 2.45) is 0 Å². The molecule has 2 nitrogen and oxygen atoms in total. The maximum Gasteiger partial charge on any atom is 0.145 e. The van der Waals surface area contributed by atoms with Crippen LogP contribution >= 0.6 is 101 Å². The van der Waals surface area contributed by atoms with Crippen molar-refractivity contribution in [2.45, 2.75) is 16.8 Å². The van der Waals surface area contributed by atoms with Gasteiger partial charge in [-0.2, -0.15) is 0 Å². The topological polar surface area (TPSA) is 24.1 Å². The van der Waals surface area contributed by atoms with Crippen LogP contribution in [0.5, 0.6) is 0 Å². The summed E-state index contributed by atoms with van der Waals surface area (Å²) in [7, 11) is 0. The van der Waals surface area contributed by atoms with Crippen molar-refractivity contribution in [2.75, 3.05) is 0 Å². The lowest BCUT2D eigenvalue weighted by Crippen LogP contribution is -2.76. The fraction of sp³-hybridized carbons (Fsp3) is 1.00. The molecule has 0 atom stereocenters. The van der Waals surface area contributed by atoms with E-state index in [0.29, 0.717) is 0 Å². The van der Waals surface area contributed by atoms with Crippen LogP contribution in [0.1, 0.15) is 0 Å². The molecule has 1 aliphatic heterocycles. The van der Waals surface area contributed by atoms with Crippen LogP contribution < -0.4 is 10.6 Å². The Morgan fingerprint density at radius 2 is 0.571 bits per heavy atom. The minimum absolute atomic E-state index is 1.03. The Labute approximate surface area is 127 Å². The molecule has 0 radical (unpaired) electrons. The molecule has 0 spiro atoms. The molecule has 1 aliphatic rings. The first kappa shape index (κ1) is 14.8. The Morgan fingerprint density at radius 1 is 0.429 bits per heavy atom. The van der Waals surface area contributed by atoms with Gasteiger partial charge < -0.3 is 0 Å². The molecule has 10 heteroatoms. The molecule has 0 bridgehead atoms. The summed E-state index contributed by atoms with van der Waals surface area (Å²) >= 11 is 34.1. The van der Waals surface area contributed by atoms with E-state index in [1.807, 2.05) is 0 Å². The van der Waals surface area contributed by atoms with Crippen LogP contribution in [0, 0.1) is 0 Å². The van der Waals surface area contributed by atoms with Crippen molar-refractivity contribution in [3.05, 3.63) is 0 Å². The van der Waals surface area contributed by atoms with E-state index in [0.717, 1.165) is 0 Å². The van der Waals surface area contributed by atoms with Crippen LogP contribution in [-0.2, 0) is 0 Å². The van der Waals surface area contributed by atoms with Gasteiger partial charge in [-0.05, 0) is 0 Å². The molecule has 1 fully saturated rings. The Balaban J connectivity index is 3.07. The zero-order valence-electron chi connectivity index (χ0n) is 6.58. The van der Waals surface area contributed by atoms with Crippen LogP contribution in [0.3, 0.4) is 0 Å². The second kappa shape index (κ2) is 4.13. The molecular weight excluding hydrogens is 333 g/mol. The van der Waals surface area contributed by atoms with Gasteiger partial charge in [-0.25, -0.2) is 0 Å². The van der Waals surface area contributed by atoms with E-state index in [1.165, 1.54) is 0 Å². The SMILES string of the molecule is SC1(S)NC(S)(S)C(S)(S)NC1(S)S. The zero-order valence-corrected chi connectivity index (χ0v) is 13.7. The van der Waals surface area contributed by atoms with Gasteiger partial charge in [0.2, 0.25) is 0 Å². The third kappa shape index (κ3) is 2.59. The van der Waals surface area contributed by atoms with E-state index in [-0.39, 0.29) is 0 Å². The molecule has 1 rings (SSSR count). The lowest BCUT2D eigenvalue weighted by Gasteiger charge is -2.56. The van der Waals surface area contributed by atoms with E-state index in [1.54, 1.807) is 0 Å². The minimum atomic E-state index is -1.03. The van der Waals surface area contributed by atoms with Crippen molar-refractivity contribution in [3.8, 4) is 0 Å². The van der Waals surface area contributed by atoms with Gasteiger partial charge in [0.05, 0.1) is 0 Å². The maximum absolute atomic E-state index is 4.26. The van der Waals surface area contributed by atoms with Crippen molar-refractivity contribution < 1.29 is 0 Å². The fourth-order valence-electron chi connectivity index (χ4n) is 0.835. The molecule has 0 aromatic rings. The second-order valence-corrected chi connectivity index (χ2v) is 9.72. The molecule has 0 unspecified atom stereocenters. The van der Waals surface area contributed by atoms with Gasteiger partial charge >= 0.3 is 0 Å². The molecule has 0 saturated carbocycles. The van der Waals surface area contributed by atoms with Crippen LogP contribution in [0.25, 0.3) is 0 Å². The van der Waals surface area contributed by atoms with Gasteiger partial charge in [0, 0.05) is 0 Å². The van der Waals surface area contributed by atoms with Gasteiger partial charge in [-0.1, -0.05) is 0 Å². The first-order valence-corrected chi connectivity index (χ1v) is 6.87. The average molecular weight is 343 g/mol. The summed E-state index contributed by atoms with van der Waals surface area (Å²) in [5.41, 5.74) is 0. The fourth-order valence-corrected chi connectivity index (χ4v) is 3.33. The normalized spacial score (nSPS) is 32.6. The Kier molecular flexibility index (Phi) is 4.36. The molecule has 2 N–H and O–H groups in total. The summed E-state index contributed by atoms with van der Waals surface area (Å²) < 4.78 is -4.12. The Morgan fingerprint density at radius 3 is 0.714 bits per heavy atom. The molecule has 0 aliphatic carbocycles. The third-order valence-electron chi connectivity index (χ3n) is 1.67. The van der Waals surface area contributed by atoms with Crippen molar-refractivity contribution in [1.82, 2.24) is 10.6 Å². The predicted molar refractivity (Wildman–Crippen MR) is 89.1 cm³/mol. The van der Waals surface area contributed by atoms with Crippen LogP contribution in [0.2, 0.25) is 0 Å². The van der Waals surface area contributed by atoms with Gasteiger partial charge in [0.15, 0.2) is 0 Å². The van der Waals surface area contributed by atoms with Crippen LogP contribution in [0.15, 0.2) is 0 Å². The zero-order chi connectivity index (χ0) is 11.4. The van der Waals surface area contributed by atoms with E-state index in [4.69, 9.17) is 0 Å².